The van der Waals surface area contributed by atoms with Gasteiger partial charge in [0, 0.05) is 16.9 Å². The van der Waals surface area contributed by atoms with Gasteiger partial charge in [0.2, 0.25) is 6.54 Å². The second-order valence-corrected chi connectivity index (χ2v) is 5.06. The predicted octanol–water partition coefficient (Wildman–Crippen LogP) is 2.76. The number of aldehydes is 1. The van der Waals surface area contributed by atoms with Gasteiger partial charge in [-0.2, -0.15) is 0 Å². The quantitative estimate of drug-likeness (QED) is 0.217. The fourth-order valence-electron chi connectivity index (χ4n) is 2.37. The molecule has 0 heterocycles. The average Bonchev–Trinajstić information content (AvgIpc) is 2.54. The summed E-state index contributed by atoms with van der Waals surface area (Å²) < 4.78 is 4.76. The van der Waals surface area contributed by atoms with Crippen LogP contribution in [0, 0.1) is 16.0 Å². The minimum atomic E-state index is -0.477. The third kappa shape index (κ3) is 6.86. The van der Waals surface area contributed by atoms with Crippen molar-refractivity contribution in [3.63, 3.8) is 0 Å². The van der Waals surface area contributed by atoms with E-state index in [1.165, 1.54) is 6.08 Å². The Labute approximate surface area is 135 Å². The standard InChI is InChI=1S/C17H21NO5/c1-2-23-17(20)11-7-6-10-15(13-19)16(12-18(21)22)14-8-4-3-5-9-14/h3-5,7-9,11,13,15-16H,2,6,10,12H2,1H3/b11-7+. The molecule has 0 fully saturated rings. The number of rotatable bonds is 10. The predicted molar refractivity (Wildman–Crippen MR) is 85.6 cm³/mol. The van der Waals surface area contributed by atoms with Crippen molar-refractivity contribution in [3.05, 3.63) is 58.2 Å². The van der Waals surface area contributed by atoms with Crippen LogP contribution in [-0.2, 0) is 14.3 Å². The van der Waals surface area contributed by atoms with E-state index in [1.54, 1.807) is 37.3 Å². The summed E-state index contributed by atoms with van der Waals surface area (Å²) in [6, 6.07) is 9.00. The van der Waals surface area contributed by atoms with Crippen LogP contribution >= 0.6 is 0 Å². The Morgan fingerprint density at radius 2 is 2.04 bits per heavy atom. The maximum Gasteiger partial charge on any atom is 0.330 e. The molecule has 0 aromatic heterocycles. The highest BCUT2D eigenvalue weighted by atomic mass is 16.6. The number of allylic oxidation sites excluding steroid dienone is 1. The normalized spacial score (nSPS) is 13.4. The topological polar surface area (TPSA) is 86.5 Å². The number of carbonyl (C=O) groups is 2. The molecule has 0 radical (unpaired) electrons. The van der Waals surface area contributed by atoms with E-state index in [1.807, 2.05) is 6.07 Å². The number of hydrogen-bond acceptors (Lipinski definition) is 5. The molecule has 0 aliphatic carbocycles. The monoisotopic (exact) mass is 319 g/mol. The Morgan fingerprint density at radius 1 is 1.35 bits per heavy atom. The van der Waals surface area contributed by atoms with E-state index < -0.39 is 22.7 Å². The largest absolute Gasteiger partial charge is 0.463 e. The summed E-state index contributed by atoms with van der Waals surface area (Å²) in [5.41, 5.74) is 0.774. The SMILES string of the molecule is CCOC(=O)/C=C/CCC(C=O)C(C[N+](=O)[O-])c1ccccc1. The fourth-order valence-corrected chi connectivity index (χ4v) is 2.37. The molecular formula is C17H21NO5. The Balaban J connectivity index is 2.72. The minimum absolute atomic E-state index is 0.297. The third-order valence-corrected chi connectivity index (χ3v) is 3.47. The van der Waals surface area contributed by atoms with Crippen LogP contribution in [0.1, 0.15) is 31.2 Å². The lowest BCUT2D eigenvalue weighted by molar-refractivity contribution is -0.484. The van der Waals surface area contributed by atoms with Gasteiger partial charge in [-0.1, -0.05) is 36.4 Å². The summed E-state index contributed by atoms with van der Waals surface area (Å²) in [4.78, 5) is 33.1. The van der Waals surface area contributed by atoms with E-state index in [-0.39, 0.29) is 6.54 Å². The molecule has 1 aromatic carbocycles. The molecule has 2 atom stereocenters. The van der Waals surface area contributed by atoms with Gasteiger partial charge in [0.05, 0.1) is 12.5 Å². The number of benzene rings is 1. The molecule has 0 N–H and O–H groups in total. The number of hydrogen-bond donors (Lipinski definition) is 0. The highest BCUT2D eigenvalue weighted by molar-refractivity contribution is 5.81. The van der Waals surface area contributed by atoms with Gasteiger partial charge in [0.1, 0.15) is 6.29 Å². The Hall–Kier alpha value is -2.50. The number of nitro groups is 1. The van der Waals surface area contributed by atoms with Gasteiger partial charge in [-0.3, -0.25) is 10.1 Å². The van der Waals surface area contributed by atoms with Crippen molar-refractivity contribution >= 4 is 12.3 Å². The van der Waals surface area contributed by atoms with Crippen LogP contribution in [0.3, 0.4) is 0 Å². The van der Waals surface area contributed by atoms with Crippen LogP contribution in [0.15, 0.2) is 42.5 Å². The summed E-state index contributed by atoms with van der Waals surface area (Å²) in [7, 11) is 0. The van der Waals surface area contributed by atoms with Crippen molar-refractivity contribution in [1.82, 2.24) is 0 Å². The molecule has 0 amide bonds. The zero-order valence-corrected chi connectivity index (χ0v) is 13.1. The highest BCUT2D eigenvalue weighted by Crippen LogP contribution is 2.27. The molecule has 1 rings (SSSR count). The van der Waals surface area contributed by atoms with E-state index in [9.17, 15) is 19.7 Å². The molecule has 1 aromatic rings. The van der Waals surface area contributed by atoms with Crippen molar-refractivity contribution in [3.8, 4) is 0 Å². The lowest BCUT2D eigenvalue weighted by Gasteiger charge is -2.19. The molecule has 0 bridgehead atoms. The van der Waals surface area contributed by atoms with Gasteiger partial charge in [0.25, 0.3) is 0 Å². The van der Waals surface area contributed by atoms with Gasteiger partial charge < -0.3 is 9.53 Å². The van der Waals surface area contributed by atoms with Crippen LogP contribution in [0.4, 0.5) is 0 Å². The summed E-state index contributed by atoms with van der Waals surface area (Å²) in [5.74, 6) is -1.38. The molecule has 0 aliphatic heterocycles. The molecule has 0 saturated heterocycles. The fraction of sp³-hybridized carbons (Fsp3) is 0.412. The van der Waals surface area contributed by atoms with Crippen LogP contribution in [0.5, 0.6) is 0 Å². The van der Waals surface area contributed by atoms with Crippen LogP contribution in [-0.4, -0.2) is 30.3 Å². The average molecular weight is 319 g/mol. The molecule has 0 spiro atoms. The van der Waals surface area contributed by atoms with E-state index in [0.717, 1.165) is 11.8 Å². The van der Waals surface area contributed by atoms with Gasteiger partial charge in [-0.25, -0.2) is 4.79 Å². The molecular weight excluding hydrogens is 298 g/mol. The molecule has 0 aliphatic rings. The minimum Gasteiger partial charge on any atom is -0.463 e. The van der Waals surface area contributed by atoms with E-state index >= 15 is 0 Å². The molecule has 6 heteroatoms. The Bertz CT molecular complexity index is 541. The van der Waals surface area contributed by atoms with E-state index in [0.29, 0.717) is 19.4 Å². The van der Waals surface area contributed by atoms with Crippen LogP contribution < -0.4 is 0 Å². The Kier molecular flexibility index (Phi) is 8.28. The molecule has 23 heavy (non-hydrogen) atoms. The van der Waals surface area contributed by atoms with Gasteiger partial charge in [0.15, 0.2) is 0 Å². The van der Waals surface area contributed by atoms with E-state index in [4.69, 9.17) is 4.74 Å². The molecule has 0 saturated carbocycles. The van der Waals surface area contributed by atoms with Gasteiger partial charge in [-0.15, -0.1) is 0 Å². The maximum atomic E-state index is 11.4. The van der Waals surface area contributed by atoms with Crippen molar-refractivity contribution in [2.24, 2.45) is 5.92 Å². The van der Waals surface area contributed by atoms with Crippen molar-refractivity contribution in [2.45, 2.75) is 25.7 Å². The number of ether oxygens (including phenoxy) is 1. The van der Waals surface area contributed by atoms with Gasteiger partial charge in [-0.05, 0) is 25.3 Å². The second-order valence-electron chi connectivity index (χ2n) is 5.06. The molecule has 124 valence electrons. The van der Waals surface area contributed by atoms with Crippen LogP contribution in [0.25, 0.3) is 0 Å². The first kappa shape index (κ1) is 18.5. The molecule has 2 unspecified atom stereocenters. The van der Waals surface area contributed by atoms with Gasteiger partial charge >= 0.3 is 5.97 Å². The zero-order chi connectivity index (χ0) is 17.1. The van der Waals surface area contributed by atoms with Crippen molar-refractivity contribution in [2.75, 3.05) is 13.2 Å². The van der Waals surface area contributed by atoms with E-state index in [2.05, 4.69) is 0 Å². The summed E-state index contributed by atoms with van der Waals surface area (Å²) in [5, 5.41) is 10.9. The first-order valence-corrected chi connectivity index (χ1v) is 7.53. The number of esters is 1. The van der Waals surface area contributed by atoms with Crippen molar-refractivity contribution in [1.29, 1.82) is 0 Å². The Morgan fingerprint density at radius 3 is 2.61 bits per heavy atom. The zero-order valence-electron chi connectivity index (χ0n) is 13.1. The first-order chi connectivity index (χ1) is 11.1. The third-order valence-electron chi connectivity index (χ3n) is 3.47. The number of nitrogens with zero attached hydrogens (tertiary/aromatic N) is 1. The highest BCUT2D eigenvalue weighted by Gasteiger charge is 2.27. The summed E-state index contributed by atoms with van der Waals surface area (Å²) in [6.07, 6.45) is 4.62. The second kappa shape index (κ2) is 10.3. The smallest absolute Gasteiger partial charge is 0.330 e. The lowest BCUT2D eigenvalue weighted by atomic mass is 9.84. The van der Waals surface area contributed by atoms with Crippen molar-refractivity contribution < 1.29 is 19.2 Å². The number of carbonyl (C=O) groups excluding carboxylic acids is 2. The van der Waals surface area contributed by atoms with Crippen LogP contribution in [0.2, 0.25) is 0 Å². The summed E-state index contributed by atoms with van der Waals surface area (Å²) >= 11 is 0. The first-order valence-electron chi connectivity index (χ1n) is 7.53. The summed E-state index contributed by atoms with van der Waals surface area (Å²) in [6.45, 7) is 1.73. The molecule has 6 nitrogen and oxygen atoms in total. The lowest BCUT2D eigenvalue weighted by Crippen LogP contribution is -2.22. The maximum absolute atomic E-state index is 11.4.